The summed E-state index contributed by atoms with van der Waals surface area (Å²) in [5.74, 6) is 0. The summed E-state index contributed by atoms with van der Waals surface area (Å²) in [6.45, 7) is 12.5. The van der Waals surface area contributed by atoms with E-state index in [1.807, 2.05) is 20.8 Å². The van der Waals surface area contributed by atoms with Gasteiger partial charge in [-0.15, -0.1) is 0 Å². The molecule has 0 fully saturated rings. The van der Waals surface area contributed by atoms with Crippen LogP contribution in [0.5, 0.6) is 0 Å². The van der Waals surface area contributed by atoms with Crippen LogP contribution < -0.4 is 9.88 Å². The van der Waals surface area contributed by atoms with Crippen molar-refractivity contribution in [1.82, 2.24) is 9.88 Å². The minimum atomic E-state index is -0.449. The van der Waals surface area contributed by atoms with E-state index in [1.165, 1.54) is 16.6 Å². The first kappa shape index (κ1) is 18.3. The zero-order valence-electron chi connectivity index (χ0n) is 15.6. The Kier molecular flexibility index (Phi) is 5.86. The third kappa shape index (κ3) is 4.73. The van der Waals surface area contributed by atoms with Crippen molar-refractivity contribution in [3.63, 3.8) is 0 Å². The number of rotatable bonds is 6. The van der Waals surface area contributed by atoms with Crippen LogP contribution in [0.1, 0.15) is 46.6 Å². The molecule has 0 saturated heterocycles. The minimum Gasteiger partial charge on any atom is -0.444 e. The molecule has 1 aromatic carbocycles. The summed E-state index contributed by atoms with van der Waals surface area (Å²) in [6.07, 6.45) is 3.66. The van der Waals surface area contributed by atoms with Crippen molar-refractivity contribution in [3.8, 4) is 0 Å². The number of aromatic nitrogens is 2. The van der Waals surface area contributed by atoms with E-state index in [4.69, 9.17) is 4.74 Å². The lowest BCUT2D eigenvalue weighted by atomic mass is 10.1. The Balaban J connectivity index is 1.93. The molecule has 1 heterocycles. The average molecular weight is 332 g/mol. The van der Waals surface area contributed by atoms with Crippen molar-refractivity contribution in [2.24, 2.45) is 0 Å². The third-order valence-corrected chi connectivity index (χ3v) is 3.93. The summed E-state index contributed by atoms with van der Waals surface area (Å²) < 4.78 is 9.79. The van der Waals surface area contributed by atoms with Gasteiger partial charge in [0.2, 0.25) is 6.33 Å². The number of fused-ring (bicyclic) bond motifs is 1. The fourth-order valence-electron chi connectivity index (χ4n) is 2.79. The van der Waals surface area contributed by atoms with Gasteiger partial charge in [0.25, 0.3) is 0 Å². The molecule has 5 nitrogen and oxygen atoms in total. The first-order valence-corrected chi connectivity index (χ1v) is 8.82. The summed E-state index contributed by atoms with van der Waals surface area (Å²) in [5, 5.41) is 2.81. The van der Waals surface area contributed by atoms with Gasteiger partial charge in [-0.25, -0.2) is 13.9 Å². The van der Waals surface area contributed by atoms with E-state index in [9.17, 15) is 4.79 Å². The molecule has 1 amide bonds. The first-order valence-electron chi connectivity index (χ1n) is 8.82. The first-order chi connectivity index (χ1) is 11.3. The van der Waals surface area contributed by atoms with Crippen molar-refractivity contribution in [3.05, 3.63) is 30.1 Å². The lowest BCUT2D eigenvalue weighted by Gasteiger charge is -2.19. The van der Waals surface area contributed by atoms with Crippen LogP contribution in [0.4, 0.5) is 4.79 Å². The molecule has 0 radical (unpaired) electrons. The molecule has 5 heteroatoms. The highest BCUT2D eigenvalue weighted by molar-refractivity contribution is 5.72. The maximum Gasteiger partial charge on any atom is 0.407 e. The Bertz CT molecular complexity index is 698. The largest absolute Gasteiger partial charge is 0.444 e. The predicted molar refractivity (Wildman–Crippen MR) is 96.0 cm³/mol. The lowest BCUT2D eigenvalue weighted by molar-refractivity contribution is -0.668. The Labute approximate surface area is 144 Å². The summed E-state index contributed by atoms with van der Waals surface area (Å²) in [6, 6.07) is 6.64. The van der Waals surface area contributed by atoms with Crippen molar-refractivity contribution in [1.29, 1.82) is 0 Å². The van der Waals surface area contributed by atoms with Gasteiger partial charge in [-0.2, -0.15) is 0 Å². The number of hydrogen-bond donors (Lipinski definition) is 1. The predicted octanol–water partition coefficient (Wildman–Crippen LogP) is 3.43. The van der Waals surface area contributed by atoms with Gasteiger partial charge in [0, 0.05) is 6.54 Å². The number of amides is 1. The second kappa shape index (κ2) is 7.69. The van der Waals surface area contributed by atoms with Crippen molar-refractivity contribution >= 4 is 17.1 Å². The molecule has 1 aromatic heterocycles. The van der Waals surface area contributed by atoms with Crippen LogP contribution in [-0.2, 0) is 24.2 Å². The number of alkyl carbamates (subject to hydrolysis) is 1. The van der Waals surface area contributed by atoms with Crippen molar-refractivity contribution < 1.29 is 14.1 Å². The molecule has 0 saturated carbocycles. The zero-order chi connectivity index (χ0) is 17.7. The number of nitrogens with zero attached hydrogens (tertiary/aromatic N) is 2. The number of imidazole rings is 1. The maximum atomic E-state index is 11.6. The molecule has 0 aliphatic rings. The topological polar surface area (TPSA) is 47.1 Å². The Morgan fingerprint density at radius 3 is 2.67 bits per heavy atom. The minimum absolute atomic E-state index is 0.346. The Morgan fingerprint density at radius 2 is 2.04 bits per heavy atom. The van der Waals surface area contributed by atoms with Crippen LogP contribution in [0.25, 0.3) is 11.0 Å². The summed E-state index contributed by atoms with van der Waals surface area (Å²) in [5.41, 5.74) is 3.39. The quantitative estimate of drug-likeness (QED) is 0.651. The van der Waals surface area contributed by atoms with Crippen LogP contribution in [0.3, 0.4) is 0 Å². The van der Waals surface area contributed by atoms with Crippen LogP contribution in [0.2, 0.25) is 0 Å². The number of carbonyl (C=O) groups excluding carboxylic acids is 1. The van der Waals surface area contributed by atoms with E-state index in [2.05, 4.69) is 52.8 Å². The van der Waals surface area contributed by atoms with Gasteiger partial charge >= 0.3 is 6.09 Å². The number of aryl methyl sites for hydroxylation is 3. The molecular formula is C19H30N3O2+. The van der Waals surface area contributed by atoms with Crippen LogP contribution in [0.15, 0.2) is 24.5 Å². The molecule has 2 aromatic rings. The van der Waals surface area contributed by atoms with Gasteiger partial charge in [0.1, 0.15) is 5.60 Å². The monoisotopic (exact) mass is 332 g/mol. The SMILES string of the molecule is CCn1c[n+](CC)c2ccc(CCCNC(=O)OC(C)(C)C)cc21. The van der Waals surface area contributed by atoms with E-state index in [1.54, 1.807) is 0 Å². The number of nitrogens with one attached hydrogen (secondary N) is 1. The number of benzene rings is 1. The highest BCUT2D eigenvalue weighted by Crippen LogP contribution is 2.15. The van der Waals surface area contributed by atoms with Gasteiger partial charge in [-0.3, -0.25) is 0 Å². The lowest BCUT2D eigenvalue weighted by Crippen LogP contribution is -2.33. The average Bonchev–Trinajstić information content (AvgIpc) is 2.87. The van der Waals surface area contributed by atoms with Crippen LogP contribution in [-0.4, -0.2) is 22.8 Å². The molecule has 0 bridgehead atoms. The Hall–Kier alpha value is -2.04. The van der Waals surface area contributed by atoms with Gasteiger partial charge in [0.15, 0.2) is 11.0 Å². The molecule has 132 valence electrons. The smallest absolute Gasteiger partial charge is 0.407 e. The fraction of sp³-hybridized carbons (Fsp3) is 0.579. The highest BCUT2D eigenvalue weighted by Gasteiger charge is 2.16. The van der Waals surface area contributed by atoms with E-state index in [-0.39, 0.29) is 6.09 Å². The van der Waals surface area contributed by atoms with Crippen LogP contribution in [0, 0.1) is 0 Å². The molecule has 2 rings (SSSR count). The molecule has 0 aliphatic heterocycles. The fourth-order valence-corrected chi connectivity index (χ4v) is 2.79. The van der Waals surface area contributed by atoms with E-state index < -0.39 is 5.60 Å². The molecule has 0 unspecified atom stereocenters. The van der Waals surface area contributed by atoms with Gasteiger partial charge < -0.3 is 10.1 Å². The Morgan fingerprint density at radius 1 is 1.29 bits per heavy atom. The van der Waals surface area contributed by atoms with E-state index in [0.717, 1.165) is 25.9 Å². The number of hydrogen-bond acceptors (Lipinski definition) is 2. The molecular weight excluding hydrogens is 302 g/mol. The standard InChI is InChI=1S/C19H29N3O2/c1-6-21-14-22(7-2)17-13-15(10-11-16(17)21)9-8-12-20-18(23)24-19(3,4)5/h10-11,13-14H,6-9,12H2,1-5H3/p+1. The summed E-state index contributed by atoms with van der Waals surface area (Å²) in [4.78, 5) is 11.6. The van der Waals surface area contributed by atoms with Gasteiger partial charge in [-0.1, -0.05) is 6.07 Å². The molecule has 24 heavy (non-hydrogen) atoms. The summed E-state index contributed by atoms with van der Waals surface area (Å²) in [7, 11) is 0. The van der Waals surface area contributed by atoms with Crippen molar-refractivity contribution in [2.75, 3.05) is 6.54 Å². The maximum absolute atomic E-state index is 11.6. The third-order valence-electron chi connectivity index (χ3n) is 3.93. The zero-order valence-corrected chi connectivity index (χ0v) is 15.6. The van der Waals surface area contributed by atoms with Crippen molar-refractivity contribution in [2.45, 2.75) is 66.2 Å². The molecule has 0 spiro atoms. The second-order valence-corrected chi connectivity index (χ2v) is 7.04. The highest BCUT2D eigenvalue weighted by atomic mass is 16.6. The van der Waals surface area contributed by atoms with Gasteiger partial charge in [0.05, 0.1) is 13.1 Å². The number of ether oxygens (including phenoxy) is 1. The molecule has 0 aliphatic carbocycles. The second-order valence-electron chi connectivity index (χ2n) is 7.04. The number of carbonyl (C=O) groups is 1. The van der Waals surface area contributed by atoms with Crippen LogP contribution >= 0.6 is 0 Å². The van der Waals surface area contributed by atoms with Gasteiger partial charge in [-0.05, 0) is 65.2 Å². The molecule has 0 atom stereocenters. The summed E-state index contributed by atoms with van der Waals surface area (Å²) >= 11 is 0. The molecule has 1 N–H and O–H groups in total. The van der Waals surface area contributed by atoms with E-state index in [0.29, 0.717) is 6.54 Å². The van der Waals surface area contributed by atoms with E-state index >= 15 is 0 Å². The normalized spacial score (nSPS) is 11.7.